The first-order valence-electron chi connectivity index (χ1n) is 4.67. The minimum atomic E-state index is -0.201. The van der Waals surface area contributed by atoms with Gasteiger partial charge in [-0.2, -0.15) is 0 Å². The molecule has 0 spiro atoms. The van der Waals surface area contributed by atoms with Crippen molar-refractivity contribution in [2.45, 2.75) is 32.7 Å². The Morgan fingerprint density at radius 1 is 1.62 bits per heavy atom. The number of carbonyl (C=O) groups is 1. The maximum absolute atomic E-state index is 11.3. The third kappa shape index (κ3) is 6.18. The molecule has 3 nitrogen and oxygen atoms in total. The molecule has 0 radical (unpaired) electrons. The van der Waals surface area contributed by atoms with Gasteiger partial charge in [0.2, 0.25) is 5.91 Å². The van der Waals surface area contributed by atoms with Gasteiger partial charge in [0, 0.05) is 6.54 Å². The molecule has 1 unspecified atom stereocenters. The number of hydrogen-bond acceptors (Lipinski definition) is 2. The summed E-state index contributed by atoms with van der Waals surface area (Å²) in [5, 5.41) is 5.73. The normalized spacial score (nSPS) is 11.8. The predicted octanol–water partition coefficient (Wildman–Crippen LogP) is 0.514. The van der Waals surface area contributed by atoms with E-state index in [1.165, 1.54) is 0 Å². The lowest BCUT2D eigenvalue weighted by molar-refractivity contribution is -0.122. The highest BCUT2D eigenvalue weighted by molar-refractivity contribution is 5.81. The quantitative estimate of drug-likeness (QED) is 0.464. The SMILES string of the molecule is C#CCNC(C)C(=O)NCCCC. The fourth-order valence-electron chi connectivity index (χ4n) is 0.846. The van der Waals surface area contributed by atoms with Gasteiger partial charge in [0.25, 0.3) is 0 Å². The van der Waals surface area contributed by atoms with E-state index < -0.39 is 0 Å². The van der Waals surface area contributed by atoms with Crippen molar-refractivity contribution in [1.29, 1.82) is 0 Å². The Kier molecular flexibility index (Phi) is 7.04. The van der Waals surface area contributed by atoms with Gasteiger partial charge in [0.1, 0.15) is 0 Å². The lowest BCUT2D eigenvalue weighted by Gasteiger charge is -2.11. The Morgan fingerprint density at radius 2 is 2.31 bits per heavy atom. The summed E-state index contributed by atoms with van der Waals surface area (Å²) in [6, 6.07) is -0.201. The van der Waals surface area contributed by atoms with Crippen LogP contribution in [0.2, 0.25) is 0 Å². The molecule has 0 bridgehead atoms. The zero-order valence-electron chi connectivity index (χ0n) is 8.39. The standard InChI is InChI=1S/C10H18N2O/c1-4-6-8-12-10(13)9(3)11-7-5-2/h2,9,11H,4,6-8H2,1,3H3,(H,12,13). The van der Waals surface area contributed by atoms with E-state index in [1.54, 1.807) is 6.92 Å². The molecular weight excluding hydrogens is 164 g/mol. The van der Waals surface area contributed by atoms with E-state index in [2.05, 4.69) is 23.5 Å². The molecule has 0 rings (SSSR count). The molecule has 0 aliphatic carbocycles. The smallest absolute Gasteiger partial charge is 0.236 e. The number of carbonyl (C=O) groups excluding carboxylic acids is 1. The van der Waals surface area contributed by atoms with Crippen LogP contribution in [0.15, 0.2) is 0 Å². The van der Waals surface area contributed by atoms with Crippen LogP contribution < -0.4 is 10.6 Å². The van der Waals surface area contributed by atoms with E-state index in [1.807, 2.05) is 0 Å². The van der Waals surface area contributed by atoms with Crippen molar-refractivity contribution in [3.8, 4) is 12.3 Å². The lowest BCUT2D eigenvalue weighted by atomic mass is 10.3. The van der Waals surface area contributed by atoms with Crippen molar-refractivity contribution in [3.63, 3.8) is 0 Å². The van der Waals surface area contributed by atoms with Gasteiger partial charge < -0.3 is 5.32 Å². The Hall–Kier alpha value is -1.01. The fourth-order valence-corrected chi connectivity index (χ4v) is 0.846. The van der Waals surface area contributed by atoms with E-state index in [4.69, 9.17) is 6.42 Å². The summed E-state index contributed by atoms with van der Waals surface area (Å²) < 4.78 is 0. The van der Waals surface area contributed by atoms with E-state index in [0.29, 0.717) is 6.54 Å². The first-order valence-corrected chi connectivity index (χ1v) is 4.67. The molecule has 2 N–H and O–H groups in total. The van der Waals surface area contributed by atoms with E-state index in [0.717, 1.165) is 19.4 Å². The monoisotopic (exact) mass is 182 g/mol. The van der Waals surface area contributed by atoms with Gasteiger partial charge in [0.15, 0.2) is 0 Å². The number of amides is 1. The molecular formula is C10H18N2O. The van der Waals surface area contributed by atoms with Gasteiger partial charge in [-0.15, -0.1) is 6.42 Å². The largest absolute Gasteiger partial charge is 0.355 e. The van der Waals surface area contributed by atoms with Gasteiger partial charge in [0.05, 0.1) is 12.6 Å². The molecule has 1 amide bonds. The molecule has 0 aliphatic heterocycles. The number of terminal acetylenes is 1. The highest BCUT2D eigenvalue weighted by Crippen LogP contribution is 1.85. The second-order valence-corrected chi connectivity index (χ2v) is 2.95. The topological polar surface area (TPSA) is 41.1 Å². The van der Waals surface area contributed by atoms with E-state index >= 15 is 0 Å². The van der Waals surface area contributed by atoms with Crippen molar-refractivity contribution in [1.82, 2.24) is 10.6 Å². The summed E-state index contributed by atoms with van der Waals surface area (Å²) in [6.45, 7) is 5.07. The summed E-state index contributed by atoms with van der Waals surface area (Å²) in [6.07, 6.45) is 7.17. The first-order chi connectivity index (χ1) is 6.22. The molecule has 13 heavy (non-hydrogen) atoms. The average molecular weight is 182 g/mol. The summed E-state index contributed by atoms with van der Waals surface area (Å²) in [5.74, 6) is 2.45. The second kappa shape index (κ2) is 7.63. The molecule has 0 aromatic heterocycles. The van der Waals surface area contributed by atoms with E-state index in [-0.39, 0.29) is 11.9 Å². The number of rotatable bonds is 6. The third-order valence-electron chi connectivity index (χ3n) is 1.73. The average Bonchev–Trinajstić information content (AvgIpc) is 2.14. The van der Waals surface area contributed by atoms with Crippen LogP contribution in [0.25, 0.3) is 0 Å². The van der Waals surface area contributed by atoms with Crippen molar-refractivity contribution in [2.75, 3.05) is 13.1 Å². The molecule has 74 valence electrons. The second-order valence-electron chi connectivity index (χ2n) is 2.95. The van der Waals surface area contributed by atoms with Crippen LogP contribution >= 0.6 is 0 Å². The van der Waals surface area contributed by atoms with Crippen LogP contribution in [0, 0.1) is 12.3 Å². The van der Waals surface area contributed by atoms with Crippen LogP contribution in [-0.2, 0) is 4.79 Å². The molecule has 0 aromatic rings. The predicted molar refractivity (Wildman–Crippen MR) is 54.2 cm³/mol. The molecule has 3 heteroatoms. The van der Waals surface area contributed by atoms with Gasteiger partial charge in [-0.3, -0.25) is 10.1 Å². The van der Waals surface area contributed by atoms with E-state index in [9.17, 15) is 4.79 Å². The van der Waals surface area contributed by atoms with Gasteiger partial charge >= 0.3 is 0 Å². The summed E-state index contributed by atoms with van der Waals surface area (Å²) >= 11 is 0. The molecule has 0 aromatic carbocycles. The molecule has 0 heterocycles. The van der Waals surface area contributed by atoms with Crippen LogP contribution in [0.5, 0.6) is 0 Å². The van der Waals surface area contributed by atoms with Crippen LogP contribution in [0.3, 0.4) is 0 Å². The van der Waals surface area contributed by atoms with Crippen molar-refractivity contribution < 1.29 is 4.79 Å². The number of hydrogen-bond donors (Lipinski definition) is 2. The van der Waals surface area contributed by atoms with Crippen molar-refractivity contribution in [3.05, 3.63) is 0 Å². The van der Waals surface area contributed by atoms with Crippen molar-refractivity contribution in [2.24, 2.45) is 0 Å². The molecule has 0 saturated heterocycles. The minimum Gasteiger partial charge on any atom is -0.355 e. The number of nitrogens with one attached hydrogen (secondary N) is 2. The Morgan fingerprint density at radius 3 is 2.85 bits per heavy atom. The molecule has 0 fully saturated rings. The highest BCUT2D eigenvalue weighted by atomic mass is 16.2. The Labute approximate surface area is 80.3 Å². The molecule has 1 atom stereocenters. The van der Waals surface area contributed by atoms with Crippen LogP contribution in [0.1, 0.15) is 26.7 Å². The summed E-state index contributed by atoms with van der Waals surface area (Å²) in [7, 11) is 0. The molecule has 0 saturated carbocycles. The highest BCUT2D eigenvalue weighted by Gasteiger charge is 2.09. The summed E-state index contributed by atoms with van der Waals surface area (Å²) in [4.78, 5) is 11.3. The summed E-state index contributed by atoms with van der Waals surface area (Å²) in [5.41, 5.74) is 0. The first kappa shape index (κ1) is 12.0. The van der Waals surface area contributed by atoms with Crippen molar-refractivity contribution >= 4 is 5.91 Å². The maximum atomic E-state index is 11.3. The Bertz CT molecular complexity index is 184. The maximum Gasteiger partial charge on any atom is 0.236 e. The zero-order chi connectivity index (χ0) is 10.1. The van der Waals surface area contributed by atoms with Gasteiger partial charge in [-0.1, -0.05) is 19.3 Å². The lowest BCUT2D eigenvalue weighted by Crippen LogP contribution is -2.42. The molecule has 0 aliphatic rings. The minimum absolute atomic E-state index is 0.0173. The van der Waals surface area contributed by atoms with Gasteiger partial charge in [-0.25, -0.2) is 0 Å². The fraction of sp³-hybridized carbons (Fsp3) is 0.700. The number of unbranched alkanes of at least 4 members (excludes halogenated alkanes) is 1. The zero-order valence-corrected chi connectivity index (χ0v) is 8.39. The van der Waals surface area contributed by atoms with Crippen LogP contribution in [-0.4, -0.2) is 25.0 Å². The third-order valence-corrected chi connectivity index (χ3v) is 1.73. The Balaban J connectivity index is 3.52. The van der Waals surface area contributed by atoms with Crippen LogP contribution in [0.4, 0.5) is 0 Å². The van der Waals surface area contributed by atoms with Gasteiger partial charge in [-0.05, 0) is 13.3 Å².